The molecular weight excluding hydrogens is 299 g/mol. The zero-order chi connectivity index (χ0) is 13.8. The molecule has 6 nitrogen and oxygen atoms in total. The Labute approximate surface area is 116 Å². The number of hydrogen-bond donors (Lipinski definition) is 3. The van der Waals surface area contributed by atoms with Gasteiger partial charge in [0.05, 0.1) is 15.8 Å². The molecule has 0 atom stereocenters. The SMILES string of the molecule is CCNc1nc(NCCS(N)(=O)=O)c(Cl)cc1Cl. The second kappa shape index (κ2) is 6.42. The fourth-order valence-corrected chi connectivity index (χ4v) is 2.07. The van der Waals surface area contributed by atoms with E-state index in [-0.39, 0.29) is 12.3 Å². The number of aromatic nitrogens is 1. The van der Waals surface area contributed by atoms with Crippen molar-refractivity contribution in [3.8, 4) is 0 Å². The van der Waals surface area contributed by atoms with Gasteiger partial charge in [-0.05, 0) is 13.0 Å². The molecule has 0 fully saturated rings. The molecule has 0 amide bonds. The van der Waals surface area contributed by atoms with Gasteiger partial charge in [0, 0.05) is 13.1 Å². The molecule has 0 bridgehead atoms. The van der Waals surface area contributed by atoms with Crippen LogP contribution < -0.4 is 15.8 Å². The summed E-state index contributed by atoms with van der Waals surface area (Å²) in [6.07, 6.45) is 0. The van der Waals surface area contributed by atoms with Crippen LogP contribution in [0, 0.1) is 0 Å². The molecule has 18 heavy (non-hydrogen) atoms. The lowest BCUT2D eigenvalue weighted by molar-refractivity contribution is 0.598. The van der Waals surface area contributed by atoms with E-state index in [9.17, 15) is 8.42 Å². The maximum Gasteiger partial charge on any atom is 0.210 e. The maximum absolute atomic E-state index is 10.8. The van der Waals surface area contributed by atoms with Crippen LogP contribution in [0.2, 0.25) is 10.0 Å². The summed E-state index contributed by atoms with van der Waals surface area (Å²) in [5.74, 6) is 0.645. The quantitative estimate of drug-likeness (QED) is 0.740. The molecule has 0 unspecified atom stereocenters. The van der Waals surface area contributed by atoms with Crippen LogP contribution in [0.15, 0.2) is 6.07 Å². The molecule has 0 spiro atoms. The highest BCUT2D eigenvalue weighted by atomic mass is 35.5. The number of rotatable bonds is 6. The number of pyridine rings is 1. The number of hydrogen-bond acceptors (Lipinski definition) is 5. The van der Waals surface area contributed by atoms with Crippen molar-refractivity contribution < 1.29 is 8.42 Å². The van der Waals surface area contributed by atoms with E-state index in [1.807, 2.05) is 6.92 Å². The van der Waals surface area contributed by atoms with E-state index in [4.69, 9.17) is 28.3 Å². The minimum Gasteiger partial charge on any atom is -0.369 e. The minimum absolute atomic E-state index is 0.124. The zero-order valence-corrected chi connectivity index (χ0v) is 12.0. The van der Waals surface area contributed by atoms with Gasteiger partial charge in [0.25, 0.3) is 0 Å². The molecule has 0 aromatic carbocycles. The number of primary sulfonamides is 1. The normalized spacial score (nSPS) is 11.3. The lowest BCUT2D eigenvalue weighted by Crippen LogP contribution is -2.22. The number of sulfonamides is 1. The molecule has 1 heterocycles. The number of anilines is 2. The third-order valence-electron chi connectivity index (χ3n) is 1.95. The Bertz CT molecular complexity index is 522. The highest BCUT2D eigenvalue weighted by Gasteiger charge is 2.09. The van der Waals surface area contributed by atoms with E-state index in [0.717, 1.165) is 0 Å². The minimum atomic E-state index is -3.51. The largest absolute Gasteiger partial charge is 0.369 e. The molecule has 1 aromatic rings. The predicted molar refractivity (Wildman–Crippen MR) is 74.9 cm³/mol. The third kappa shape index (κ3) is 4.85. The summed E-state index contributed by atoms with van der Waals surface area (Å²) in [4.78, 5) is 4.16. The van der Waals surface area contributed by atoms with Gasteiger partial charge in [-0.3, -0.25) is 0 Å². The molecule has 4 N–H and O–H groups in total. The Morgan fingerprint density at radius 1 is 1.28 bits per heavy atom. The first-order valence-corrected chi connectivity index (χ1v) is 7.65. The molecule has 0 saturated heterocycles. The maximum atomic E-state index is 10.8. The third-order valence-corrected chi connectivity index (χ3v) is 3.30. The van der Waals surface area contributed by atoms with Crippen LogP contribution in [0.5, 0.6) is 0 Å². The summed E-state index contributed by atoms with van der Waals surface area (Å²) in [6.45, 7) is 2.68. The molecule has 0 saturated carbocycles. The Morgan fingerprint density at radius 2 is 1.83 bits per heavy atom. The molecule has 0 radical (unpaired) electrons. The van der Waals surface area contributed by atoms with Gasteiger partial charge in [0.15, 0.2) is 0 Å². The summed E-state index contributed by atoms with van der Waals surface area (Å²) >= 11 is 11.9. The van der Waals surface area contributed by atoms with Crippen molar-refractivity contribution in [2.75, 3.05) is 29.5 Å². The predicted octanol–water partition coefficient (Wildman–Crippen LogP) is 1.52. The van der Waals surface area contributed by atoms with Crippen LogP contribution in [0.3, 0.4) is 0 Å². The number of nitrogens with one attached hydrogen (secondary N) is 2. The standard InChI is InChI=1S/C9H14Cl2N4O2S/c1-2-13-8-6(10)5-7(11)9(15-8)14-3-4-18(12,16)17/h5H,2-4H2,1H3,(H2,12,16,17)(H2,13,14,15). The first kappa shape index (κ1) is 15.3. The second-order valence-electron chi connectivity index (χ2n) is 3.47. The average Bonchev–Trinajstić information content (AvgIpc) is 2.23. The molecular formula is C9H14Cl2N4O2S. The summed E-state index contributed by atoms with van der Waals surface area (Å²) in [6, 6.07) is 1.54. The lowest BCUT2D eigenvalue weighted by Gasteiger charge is -2.11. The highest BCUT2D eigenvalue weighted by molar-refractivity contribution is 7.89. The van der Waals surface area contributed by atoms with Crippen LogP contribution in [-0.2, 0) is 10.0 Å². The highest BCUT2D eigenvalue weighted by Crippen LogP contribution is 2.28. The van der Waals surface area contributed by atoms with Crippen LogP contribution in [0.1, 0.15) is 6.92 Å². The monoisotopic (exact) mass is 312 g/mol. The summed E-state index contributed by atoms with van der Waals surface area (Å²) < 4.78 is 21.6. The fourth-order valence-electron chi connectivity index (χ4n) is 1.19. The Hall–Kier alpha value is -0.760. The first-order valence-electron chi connectivity index (χ1n) is 5.17. The van der Waals surface area contributed by atoms with Gasteiger partial charge in [0.2, 0.25) is 10.0 Å². The molecule has 1 aromatic heterocycles. The number of nitrogens with two attached hydrogens (primary N) is 1. The van der Waals surface area contributed by atoms with Crippen LogP contribution >= 0.6 is 23.2 Å². The Balaban J connectivity index is 2.79. The van der Waals surface area contributed by atoms with Gasteiger partial charge in [-0.15, -0.1) is 0 Å². The van der Waals surface area contributed by atoms with Crippen molar-refractivity contribution in [2.24, 2.45) is 5.14 Å². The van der Waals surface area contributed by atoms with Gasteiger partial charge < -0.3 is 10.6 Å². The van der Waals surface area contributed by atoms with Crippen molar-refractivity contribution in [1.82, 2.24) is 4.98 Å². The van der Waals surface area contributed by atoms with Crippen molar-refractivity contribution in [3.63, 3.8) is 0 Å². The molecule has 0 aliphatic heterocycles. The van der Waals surface area contributed by atoms with E-state index in [1.165, 1.54) is 6.07 Å². The number of halogens is 2. The summed E-state index contributed by atoms with van der Waals surface area (Å²) in [7, 11) is -3.51. The fraction of sp³-hybridized carbons (Fsp3) is 0.444. The van der Waals surface area contributed by atoms with E-state index >= 15 is 0 Å². The number of nitrogens with zero attached hydrogens (tertiary/aromatic N) is 1. The lowest BCUT2D eigenvalue weighted by atomic mass is 10.4. The van der Waals surface area contributed by atoms with E-state index in [1.54, 1.807) is 0 Å². The van der Waals surface area contributed by atoms with E-state index < -0.39 is 10.0 Å². The van der Waals surface area contributed by atoms with Crippen LogP contribution in [-0.4, -0.2) is 32.2 Å². The second-order valence-corrected chi connectivity index (χ2v) is 6.02. The van der Waals surface area contributed by atoms with Crippen molar-refractivity contribution in [3.05, 3.63) is 16.1 Å². The summed E-state index contributed by atoms with van der Waals surface area (Å²) in [5.41, 5.74) is 0. The average molecular weight is 313 g/mol. The molecule has 102 valence electrons. The van der Waals surface area contributed by atoms with E-state index in [2.05, 4.69) is 15.6 Å². The Morgan fingerprint density at radius 3 is 2.33 bits per heavy atom. The van der Waals surface area contributed by atoms with E-state index in [0.29, 0.717) is 28.2 Å². The van der Waals surface area contributed by atoms with Crippen molar-refractivity contribution >= 4 is 44.9 Å². The van der Waals surface area contributed by atoms with Gasteiger partial charge in [-0.1, -0.05) is 23.2 Å². The smallest absolute Gasteiger partial charge is 0.210 e. The van der Waals surface area contributed by atoms with Gasteiger partial charge >= 0.3 is 0 Å². The van der Waals surface area contributed by atoms with Gasteiger partial charge in [0.1, 0.15) is 11.6 Å². The topological polar surface area (TPSA) is 97.1 Å². The molecule has 1 rings (SSSR count). The molecule has 9 heteroatoms. The van der Waals surface area contributed by atoms with Crippen LogP contribution in [0.25, 0.3) is 0 Å². The van der Waals surface area contributed by atoms with Gasteiger partial charge in [-0.25, -0.2) is 18.5 Å². The van der Waals surface area contributed by atoms with Crippen LogP contribution in [0.4, 0.5) is 11.6 Å². The van der Waals surface area contributed by atoms with Crippen molar-refractivity contribution in [2.45, 2.75) is 6.92 Å². The molecule has 0 aliphatic rings. The van der Waals surface area contributed by atoms with Gasteiger partial charge in [-0.2, -0.15) is 0 Å². The molecule has 0 aliphatic carbocycles. The first-order chi connectivity index (χ1) is 8.33. The zero-order valence-electron chi connectivity index (χ0n) is 9.70. The van der Waals surface area contributed by atoms with Crippen molar-refractivity contribution in [1.29, 1.82) is 0 Å². The Kier molecular flexibility index (Phi) is 5.46. The summed E-state index contributed by atoms with van der Waals surface area (Å²) in [5, 5.41) is 11.4.